The first-order valence-corrected chi connectivity index (χ1v) is 10.3. The second-order valence-electron chi connectivity index (χ2n) is 7.88. The molecule has 166 valence electrons. The molecule has 0 spiro atoms. The summed E-state index contributed by atoms with van der Waals surface area (Å²) in [6.45, 7) is 2.20. The molecule has 2 fully saturated rings. The number of nitrogens with zero attached hydrogens (tertiary/aromatic N) is 1. The summed E-state index contributed by atoms with van der Waals surface area (Å²) < 4.78 is 0. The lowest BCUT2D eigenvalue weighted by Crippen LogP contribution is -2.56. The van der Waals surface area contributed by atoms with Crippen molar-refractivity contribution in [3.63, 3.8) is 0 Å². The molecule has 10 heteroatoms. The van der Waals surface area contributed by atoms with Crippen LogP contribution < -0.4 is 21.7 Å². The molecule has 2 heterocycles. The molecule has 0 radical (unpaired) electrons. The van der Waals surface area contributed by atoms with Gasteiger partial charge in [-0.3, -0.25) is 24.0 Å². The molecule has 2 aliphatic rings. The zero-order valence-electron chi connectivity index (χ0n) is 17.3. The number of para-hydroxylation sites is 1. The molecule has 5 amide bonds. The fourth-order valence-electron chi connectivity index (χ4n) is 3.92. The number of primary amides is 1. The number of hydrogen-bond donors (Lipinski definition) is 4. The van der Waals surface area contributed by atoms with Crippen LogP contribution in [0.15, 0.2) is 24.3 Å². The number of benzene rings is 1. The molecule has 1 aromatic rings. The number of rotatable bonds is 7. The van der Waals surface area contributed by atoms with Gasteiger partial charge in [-0.15, -0.1) is 0 Å². The van der Waals surface area contributed by atoms with Gasteiger partial charge in [0, 0.05) is 18.7 Å². The SMILES string of the molecule is Cc1ccccc1NC(=O)C1CCCN1C(=O)C(CC(N)=O)NC(=O)C1CCC(=O)N1. The van der Waals surface area contributed by atoms with E-state index in [1.165, 1.54) is 4.90 Å². The summed E-state index contributed by atoms with van der Waals surface area (Å²) in [5.74, 6) is -2.42. The first kappa shape index (κ1) is 22.3. The monoisotopic (exact) mass is 429 g/mol. The Bertz CT molecular complexity index is 902. The van der Waals surface area contributed by atoms with Crippen molar-refractivity contribution in [1.82, 2.24) is 15.5 Å². The second kappa shape index (κ2) is 9.59. The van der Waals surface area contributed by atoms with Gasteiger partial charge >= 0.3 is 0 Å². The summed E-state index contributed by atoms with van der Waals surface area (Å²) in [5, 5.41) is 7.90. The Morgan fingerprint density at radius 3 is 2.58 bits per heavy atom. The summed E-state index contributed by atoms with van der Waals surface area (Å²) in [7, 11) is 0. The predicted molar refractivity (Wildman–Crippen MR) is 111 cm³/mol. The van der Waals surface area contributed by atoms with Crippen LogP contribution >= 0.6 is 0 Å². The van der Waals surface area contributed by atoms with Crippen LogP contribution in [0.4, 0.5) is 5.69 Å². The highest BCUT2D eigenvalue weighted by molar-refractivity contribution is 6.00. The Morgan fingerprint density at radius 1 is 1.19 bits per heavy atom. The van der Waals surface area contributed by atoms with E-state index in [0.29, 0.717) is 31.5 Å². The molecule has 5 N–H and O–H groups in total. The normalized spacial score (nSPS) is 21.3. The van der Waals surface area contributed by atoms with Gasteiger partial charge in [-0.1, -0.05) is 18.2 Å². The molecular formula is C21H27N5O5. The molecule has 0 bridgehead atoms. The molecule has 3 rings (SSSR count). The maximum Gasteiger partial charge on any atom is 0.247 e. The van der Waals surface area contributed by atoms with E-state index in [4.69, 9.17) is 5.73 Å². The highest BCUT2D eigenvalue weighted by atomic mass is 16.2. The van der Waals surface area contributed by atoms with E-state index < -0.39 is 42.3 Å². The highest BCUT2D eigenvalue weighted by Crippen LogP contribution is 2.22. The molecule has 31 heavy (non-hydrogen) atoms. The van der Waals surface area contributed by atoms with E-state index in [9.17, 15) is 24.0 Å². The molecule has 3 atom stereocenters. The fraction of sp³-hybridized carbons (Fsp3) is 0.476. The van der Waals surface area contributed by atoms with E-state index in [1.807, 2.05) is 19.1 Å². The van der Waals surface area contributed by atoms with E-state index >= 15 is 0 Å². The number of carbonyl (C=O) groups is 5. The van der Waals surface area contributed by atoms with Crippen LogP contribution in [0.2, 0.25) is 0 Å². The lowest BCUT2D eigenvalue weighted by Gasteiger charge is -2.29. The number of anilines is 1. The number of nitrogens with one attached hydrogen (secondary N) is 3. The Morgan fingerprint density at radius 2 is 1.94 bits per heavy atom. The average molecular weight is 429 g/mol. The first-order chi connectivity index (χ1) is 14.8. The van der Waals surface area contributed by atoms with Crippen molar-refractivity contribution < 1.29 is 24.0 Å². The third-order valence-electron chi connectivity index (χ3n) is 5.57. The van der Waals surface area contributed by atoms with E-state index in [0.717, 1.165) is 5.56 Å². The van der Waals surface area contributed by atoms with Gasteiger partial charge in [0.25, 0.3) is 0 Å². The average Bonchev–Trinajstić information content (AvgIpc) is 3.37. The predicted octanol–water partition coefficient (Wildman–Crippen LogP) is -0.437. The Balaban J connectivity index is 1.70. The van der Waals surface area contributed by atoms with Gasteiger partial charge in [0.2, 0.25) is 29.5 Å². The Kier molecular flexibility index (Phi) is 6.88. The zero-order valence-corrected chi connectivity index (χ0v) is 17.3. The third kappa shape index (κ3) is 5.39. The van der Waals surface area contributed by atoms with Crippen LogP contribution in [-0.4, -0.2) is 59.1 Å². The lowest BCUT2D eigenvalue weighted by atomic mass is 10.1. The molecule has 0 saturated carbocycles. The van der Waals surface area contributed by atoms with Crippen LogP contribution in [0.1, 0.15) is 37.7 Å². The van der Waals surface area contributed by atoms with Crippen LogP contribution in [0.25, 0.3) is 0 Å². The van der Waals surface area contributed by atoms with Crippen molar-refractivity contribution in [3.05, 3.63) is 29.8 Å². The van der Waals surface area contributed by atoms with Crippen molar-refractivity contribution in [2.24, 2.45) is 5.73 Å². The van der Waals surface area contributed by atoms with Gasteiger partial charge in [-0.2, -0.15) is 0 Å². The van der Waals surface area contributed by atoms with Gasteiger partial charge in [0.15, 0.2) is 0 Å². The van der Waals surface area contributed by atoms with Gasteiger partial charge in [-0.25, -0.2) is 0 Å². The maximum atomic E-state index is 13.2. The molecule has 0 aromatic heterocycles. The molecule has 10 nitrogen and oxygen atoms in total. The van der Waals surface area contributed by atoms with E-state index in [2.05, 4.69) is 16.0 Å². The van der Waals surface area contributed by atoms with Crippen molar-refractivity contribution in [3.8, 4) is 0 Å². The summed E-state index contributed by atoms with van der Waals surface area (Å²) in [6, 6.07) is 4.64. The summed E-state index contributed by atoms with van der Waals surface area (Å²) in [6.07, 6.45) is 1.23. The Labute approximate surface area is 179 Å². The number of likely N-dealkylation sites (tertiary alicyclic amines) is 1. The van der Waals surface area contributed by atoms with Gasteiger partial charge in [-0.05, 0) is 37.8 Å². The molecular weight excluding hydrogens is 402 g/mol. The standard InChI is InChI=1S/C21H27N5O5/c1-12-5-2-3-6-13(12)24-20(30)16-7-4-10-26(16)21(31)15(11-17(22)27)25-19(29)14-8-9-18(28)23-14/h2-3,5-6,14-16H,4,7-11H2,1H3,(H2,22,27)(H,23,28)(H,24,30)(H,25,29). The highest BCUT2D eigenvalue weighted by Gasteiger charge is 2.39. The second-order valence-corrected chi connectivity index (χ2v) is 7.88. The largest absolute Gasteiger partial charge is 0.370 e. The number of carbonyl (C=O) groups excluding carboxylic acids is 5. The molecule has 2 saturated heterocycles. The van der Waals surface area contributed by atoms with Crippen molar-refractivity contribution in [1.29, 1.82) is 0 Å². The summed E-state index contributed by atoms with van der Waals surface area (Å²) in [5.41, 5.74) is 6.84. The van der Waals surface area contributed by atoms with Crippen LogP contribution in [0.5, 0.6) is 0 Å². The van der Waals surface area contributed by atoms with Gasteiger partial charge < -0.3 is 26.6 Å². The minimum absolute atomic E-state index is 0.222. The van der Waals surface area contributed by atoms with Crippen molar-refractivity contribution in [2.45, 2.75) is 57.2 Å². The van der Waals surface area contributed by atoms with Crippen molar-refractivity contribution in [2.75, 3.05) is 11.9 Å². The lowest BCUT2D eigenvalue weighted by molar-refractivity contribution is -0.141. The topological polar surface area (TPSA) is 151 Å². The molecule has 2 aliphatic heterocycles. The molecule has 1 aromatic carbocycles. The maximum absolute atomic E-state index is 13.2. The number of aryl methyl sites for hydroxylation is 1. The van der Waals surface area contributed by atoms with E-state index in [1.54, 1.807) is 12.1 Å². The minimum atomic E-state index is -1.20. The van der Waals surface area contributed by atoms with Crippen molar-refractivity contribution >= 4 is 35.2 Å². The number of nitrogens with two attached hydrogens (primary N) is 1. The Hall–Kier alpha value is -3.43. The quantitative estimate of drug-likeness (QED) is 0.463. The molecule has 3 unspecified atom stereocenters. The zero-order chi connectivity index (χ0) is 22.5. The minimum Gasteiger partial charge on any atom is -0.370 e. The van der Waals surface area contributed by atoms with Gasteiger partial charge in [0.1, 0.15) is 18.1 Å². The van der Waals surface area contributed by atoms with Crippen LogP contribution in [-0.2, 0) is 24.0 Å². The van der Waals surface area contributed by atoms with Crippen LogP contribution in [0, 0.1) is 6.92 Å². The van der Waals surface area contributed by atoms with Crippen LogP contribution in [0.3, 0.4) is 0 Å². The number of amides is 5. The van der Waals surface area contributed by atoms with E-state index in [-0.39, 0.29) is 18.2 Å². The fourth-order valence-corrected chi connectivity index (χ4v) is 3.92. The summed E-state index contributed by atoms with van der Waals surface area (Å²) in [4.78, 5) is 62.8. The summed E-state index contributed by atoms with van der Waals surface area (Å²) >= 11 is 0. The third-order valence-corrected chi connectivity index (χ3v) is 5.57. The molecule has 0 aliphatic carbocycles. The smallest absolute Gasteiger partial charge is 0.247 e. The first-order valence-electron chi connectivity index (χ1n) is 10.3. The van der Waals surface area contributed by atoms with Gasteiger partial charge in [0.05, 0.1) is 6.42 Å². The number of hydrogen-bond acceptors (Lipinski definition) is 5.